The second-order valence-electron chi connectivity index (χ2n) is 5.52. The maximum absolute atomic E-state index is 12.8. The average Bonchev–Trinajstić information content (AvgIpc) is 3.04. The van der Waals surface area contributed by atoms with E-state index in [0.29, 0.717) is 12.1 Å². The van der Waals surface area contributed by atoms with Gasteiger partial charge in [-0.05, 0) is 50.2 Å². The van der Waals surface area contributed by atoms with Crippen molar-refractivity contribution >= 4 is 16.8 Å². The number of fused-ring (bicyclic) bond motifs is 1. The third-order valence-corrected chi connectivity index (χ3v) is 3.64. The summed E-state index contributed by atoms with van der Waals surface area (Å²) in [5, 5.41) is 0.968. The number of carbonyl (C=O) groups excluding carboxylic acids is 1. The lowest BCUT2D eigenvalue weighted by molar-refractivity contribution is 0.0676. The Morgan fingerprint density at radius 3 is 2.82 bits per heavy atom. The third kappa shape index (κ3) is 2.86. The van der Waals surface area contributed by atoms with Crippen molar-refractivity contribution in [3.8, 4) is 0 Å². The molecule has 1 aromatic carbocycles. The normalized spacial score (nSPS) is 11.0. The molecular weight excluding hydrogens is 276 g/mol. The number of amides is 1. The van der Waals surface area contributed by atoms with Crippen LogP contribution in [0.15, 0.2) is 59.3 Å². The number of aromatic nitrogens is 1. The molecule has 22 heavy (non-hydrogen) atoms. The van der Waals surface area contributed by atoms with Crippen molar-refractivity contribution in [1.29, 1.82) is 0 Å². The summed E-state index contributed by atoms with van der Waals surface area (Å²) in [6.45, 7) is 4.47. The SMILES string of the molecule is CC(C)N(Cc1ccco1)C(=O)c1ccc2ncccc2c1. The molecule has 2 aromatic heterocycles. The van der Waals surface area contributed by atoms with Crippen LogP contribution in [0.5, 0.6) is 0 Å². The van der Waals surface area contributed by atoms with Gasteiger partial charge >= 0.3 is 0 Å². The number of pyridine rings is 1. The molecule has 0 aliphatic heterocycles. The molecule has 0 radical (unpaired) electrons. The Hall–Kier alpha value is -2.62. The molecule has 4 heteroatoms. The molecule has 0 unspecified atom stereocenters. The Balaban J connectivity index is 1.91. The van der Waals surface area contributed by atoms with Crippen molar-refractivity contribution < 1.29 is 9.21 Å². The lowest BCUT2D eigenvalue weighted by Gasteiger charge is -2.26. The minimum Gasteiger partial charge on any atom is -0.467 e. The van der Waals surface area contributed by atoms with Gasteiger partial charge < -0.3 is 9.32 Å². The van der Waals surface area contributed by atoms with Crippen LogP contribution in [-0.4, -0.2) is 21.8 Å². The summed E-state index contributed by atoms with van der Waals surface area (Å²) in [5.41, 5.74) is 1.56. The van der Waals surface area contributed by atoms with Gasteiger partial charge in [-0.1, -0.05) is 6.07 Å². The molecular formula is C18H18N2O2. The smallest absolute Gasteiger partial charge is 0.254 e. The quantitative estimate of drug-likeness (QED) is 0.733. The largest absolute Gasteiger partial charge is 0.467 e. The summed E-state index contributed by atoms with van der Waals surface area (Å²) in [7, 11) is 0. The van der Waals surface area contributed by atoms with Crippen LogP contribution in [0.3, 0.4) is 0 Å². The molecule has 0 saturated heterocycles. The van der Waals surface area contributed by atoms with Crippen molar-refractivity contribution in [2.75, 3.05) is 0 Å². The molecule has 0 fully saturated rings. The van der Waals surface area contributed by atoms with E-state index in [1.807, 2.05) is 56.3 Å². The van der Waals surface area contributed by atoms with Gasteiger partial charge in [-0.2, -0.15) is 0 Å². The zero-order chi connectivity index (χ0) is 15.5. The van der Waals surface area contributed by atoms with Crippen LogP contribution in [0.1, 0.15) is 30.0 Å². The molecule has 0 aliphatic rings. The van der Waals surface area contributed by atoms with Crippen molar-refractivity contribution in [2.45, 2.75) is 26.4 Å². The van der Waals surface area contributed by atoms with E-state index in [9.17, 15) is 4.79 Å². The number of benzene rings is 1. The van der Waals surface area contributed by atoms with Crippen LogP contribution < -0.4 is 0 Å². The van der Waals surface area contributed by atoms with E-state index in [-0.39, 0.29) is 11.9 Å². The van der Waals surface area contributed by atoms with E-state index in [1.165, 1.54) is 0 Å². The summed E-state index contributed by atoms with van der Waals surface area (Å²) in [6.07, 6.45) is 3.38. The third-order valence-electron chi connectivity index (χ3n) is 3.64. The molecule has 4 nitrogen and oxygen atoms in total. The first-order valence-electron chi connectivity index (χ1n) is 7.33. The lowest BCUT2D eigenvalue weighted by Crippen LogP contribution is -2.36. The number of carbonyl (C=O) groups is 1. The maximum atomic E-state index is 12.8. The summed E-state index contributed by atoms with van der Waals surface area (Å²) in [5.74, 6) is 0.779. The number of hydrogen-bond donors (Lipinski definition) is 0. The predicted octanol–water partition coefficient (Wildman–Crippen LogP) is 3.88. The molecule has 0 saturated carbocycles. The number of furan rings is 1. The van der Waals surface area contributed by atoms with Crippen molar-refractivity contribution in [1.82, 2.24) is 9.88 Å². The second kappa shape index (κ2) is 6.02. The highest BCUT2D eigenvalue weighted by Gasteiger charge is 2.20. The zero-order valence-electron chi connectivity index (χ0n) is 12.7. The first-order valence-corrected chi connectivity index (χ1v) is 7.33. The fourth-order valence-corrected chi connectivity index (χ4v) is 2.43. The standard InChI is InChI=1S/C18H18N2O2/c1-13(2)20(12-16-6-4-10-22-16)18(21)15-7-8-17-14(11-15)5-3-9-19-17/h3-11,13H,12H2,1-2H3. The molecule has 0 N–H and O–H groups in total. The Morgan fingerprint density at radius 2 is 2.09 bits per heavy atom. The van der Waals surface area contributed by atoms with Gasteiger partial charge in [0.25, 0.3) is 5.91 Å². The highest BCUT2D eigenvalue weighted by molar-refractivity contribution is 5.98. The highest BCUT2D eigenvalue weighted by Crippen LogP contribution is 2.18. The first-order chi connectivity index (χ1) is 10.6. The van der Waals surface area contributed by atoms with Gasteiger partial charge in [-0.25, -0.2) is 0 Å². The van der Waals surface area contributed by atoms with E-state index < -0.39 is 0 Å². The Kier molecular flexibility index (Phi) is 3.92. The minimum absolute atomic E-state index is 0.00264. The van der Waals surface area contributed by atoms with Gasteiger partial charge in [0.1, 0.15) is 5.76 Å². The van der Waals surface area contributed by atoms with Gasteiger partial charge in [0.15, 0.2) is 0 Å². The maximum Gasteiger partial charge on any atom is 0.254 e. The van der Waals surface area contributed by atoms with Crippen LogP contribution in [0, 0.1) is 0 Å². The van der Waals surface area contributed by atoms with E-state index in [4.69, 9.17) is 4.42 Å². The first kappa shape index (κ1) is 14.3. The molecule has 2 heterocycles. The summed E-state index contributed by atoms with van der Waals surface area (Å²) < 4.78 is 5.37. The lowest BCUT2D eigenvalue weighted by atomic mass is 10.1. The van der Waals surface area contributed by atoms with E-state index in [2.05, 4.69) is 4.98 Å². The van der Waals surface area contributed by atoms with Crippen molar-refractivity contribution in [3.63, 3.8) is 0 Å². The zero-order valence-corrected chi connectivity index (χ0v) is 12.7. The van der Waals surface area contributed by atoms with Gasteiger partial charge in [0, 0.05) is 23.2 Å². The van der Waals surface area contributed by atoms with E-state index >= 15 is 0 Å². The van der Waals surface area contributed by atoms with Crippen LogP contribution >= 0.6 is 0 Å². The van der Waals surface area contributed by atoms with Crippen LogP contribution in [0.4, 0.5) is 0 Å². The number of rotatable bonds is 4. The Bertz CT molecular complexity index is 779. The highest BCUT2D eigenvalue weighted by atomic mass is 16.3. The van der Waals surface area contributed by atoms with Gasteiger partial charge in [-0.3, -0.25) is 9.78 Å². The Labute approximate surface area is 129 Å². The van der Waals surface area contributed by atoms with Crippen molar-refractivity contribution in [2.24, 2.45) is 0 Å². The molecule has 112 valence electrons. The molecule has 1 amide bonds. The Morgan fingerprint density at radius 1 is 1.23 bits per heavy atom. The average molecular weight is 294 g/mol. The molecule has 3 aromatic rings. The van der Waals surface area contributed by atoms with Crippen LogP contribution in [0.2, 0.25) is 0 Å². The molecule has 0 spiro atoms. The second-order valence-corrected chi connectivity index (χ2v) is 5.52. The van der Waals surface area contributed by atoms with E-state index in [0.717, 1.165) is 16.7 Å². The van der Waals surface area contributed by atoms with Crippen LogP contribution in [-0.2, 0) is 6.54 Å². The summed E-state index contributed by atoms with van der Waals surface area (Å²) in [6, 6.07) is 13.2. The number of nitrogens with zero attached hydrogens (tertiary/aromatic N) is 2. The van der Waals surface area contributed by atoms with Crippen molar-refractivity contribution in [3.05, 3.63) is 66.2 Å². The molecule has 3 rings (SSSR count). The van der Waals surface area contributed by atoms with E-state index in [1.54, 1.807) is 17.4 Å². The van der Waals surface area contributed by atoms with Crippen LogP contribution in [0.25, 0.3) is 10.9 Å². The van der Waals surface area contributed by atoms with Gasteiger partial charge in [0.2, 0.25) is 0 Å². The summed E-state index contributed by atoms with van der Waals surface area (Å²) >= 11 is 0. The molecule has 0 atom stereocenters. The predicted molar refractivity (Wildman–Crippen MR) is 85.5 cm³/mol. The monoisotopic (exact) mass is 294 g/mol. The topological polar surface area (TPSA) is 46.3 Å². The summed E-state index contributed by atoms with van der Waals surface area (Å²) in [4.78, 5) is 18.9. The fraction of sp³-hybridized carbons (Fsp3) is 0.222. The van der Waals surface area contributed by atoms with Gasteiger partial charge in [-0.15, -0.1) is 0 Å². The molecule has 0 bridgehead atoms. The van der Waals surface area contributed by atoms with Gasteiger partial charge in [0.05, 0.1) is 18.3 Å². The fourth-order valence-electron chi connectivity index (χ4n) is 2.43. The number of hydrogen-bond acceptors (Lipinski definition) is 3. The minimum atomic E-state index is -0.00264. The molecule has 0 aliphatic carbocycles.